The molecule has 0 unspecified atom stereocenters. The maximum Gasteiger partial charge on any atom is 0.417 e. The van der Waals surface area contributed by atoms with Crippen molar-refractivity contribution in [3.8, 4) is 0 Å². The zero-order chi connectivity index (χ0) is 16.3. The van der Waals surface area contributed by atoms with Gasteiger partial charge in [-0.2, -0.15) is 13.2 Å². The maximum atomic E-state index is 12.7. The Bertz CT molecular complexity index is 684. The molecule has 2 aromatic carbocycles. The van der Waals surface area contributed by atoms with Gasteiger partial charge in [0.05, 0.1) is 17.0 Å². The van der Waals surface area contributed by atoms with Gasteiger partial charge in [-0.25, -0.2) is 0 Å². The summed E-state index contributed by atoms with van der Waals surface area (Å²) >= 11 is 5.52. The van der Waals surface area contributed by atoms with Crippen LogP contribution in [0.25, 0.3) is 0 Å². The van der Waals surface area contributed by atoms with E-state index in [1.54, 1.807) is 24.3 Å². The average Bonchev–Trinajstić information content (AvgIpc) is 2.42. The Balaban J connectivity index is 2.10. The van der Waals surface area contributed by atoms with Crippen LogP contribution in [0.2, 0.25) is 5.02 Å². The number of anilines is 2. The molecule has 0 aromatic heterocycles. The first kappa shape index (κ1) is 16.2. The number of benzene rings is 2. The Morgan fingerprint density at radius 3 is 2.36 bits per heavy atom. The molecule has 1 amide bonds. The van der Waals surface area contributed by atoms with Crippen molar-refractivity contribution in [2.45, 2.75) is 12.6 Å². The zero-order valence-electron chi connectivity index (χ0n) is 11.2. The van der Waals surface area contributed by atoms with Gasteiger partial charge in [0.1, 0.15) is 0 Å². The Hall–Kier alpha value is -2.21. The number of hydrogen-bond acceptors (Lipinski definition) is 2. The molecule has 0 atom stereocenters. The average molecular weight is 329 g/mol. The molecule has 0 aliphatic heterocycles. The zero-order valence-corrected chi connectivity index (χ0v) is 12.0. The molecule has 0 radical (unpaired) electrons. The van der Waals surface area contributed by atoms with Crippen LogP contribution in [0.5, 0.6) is 0 Å². The predicted octanol–water partition coefficient (Wildman–Crippen LogP) is 4.12. The number of alkyl halides is 3. The van der Waals surface area contributed by atoms with E-state index in [0.717, 1.165) is 12.1 Å². The quantitative estimate of drug-likeness (QED) is 0.833. The second-order valence-electron chi connectivity index (χ2n) is 4.66. The second kappa shape index (κ2) is 6.27. The van der Waals surface area contributed by atoms with Crippen molar-refractivity contribution in [2.24, 2.45) is 0 Å². The third-order valence-electron chi connectivity index (χ3n) is 2.90. The number of nitrogens with one attached hydrogen (secondary N) is 1. The Morgan fingerprint density at radius 2 is 1.77 bits per heavy atom. The number of carbonyl (C=O) groups is 1. The molecule has 0 bridgehead atoms. The van der Waals surface area contributed by atoms with Gasteiger partial charge < -0.3 is 11.1 Å². The number of rotatable bonds is 3. The van der Waals surface area contributed by atoms with E-state index in [4.69, 9.17) is 17.3 Å². The van der Waals surface area contributed by atoms with E-state index in [1.165, 1.54) is 6.07 Å². The summed E-state index contributed by atoms with van der Waals surface area (Å²) in [4.78, 5) is 11.9. The van der Waals surface area contributed by atoms with E-state index in [9.17, 15) is 18.0 Å². The second-order valence-corrected chi connectivity index (χ2v) is 5.07. The summed E-state index contributed by atoms with van der Waals surface area (Å²) in [6.07, 6.45) is -4.54. The summed E-state index contributed by atoms with van der Waals surface area (Å²) in [5.41, 5.74) is 5.86. The minimum Gasteiger partial charge on any atom is -0.399 e. The van der Waals surface area contributed by atoms with E-state index in [0.29, 0.717) is 11.3 Å². The summed E-state index contributed by atoms with van der Waals surface area (Å²) in [5, 5.41) is 2.00. The molecule has 0 heterocycles. The number of hydrogen-bond donors (Lipinski definition) is 2. The third-order valence-corrected chi connectivity index (χ3v) is 3.23. The molecule has 0 saturated carbocycles. The molecule has 2 aromatic rings. The van der Waals surface area contributed by atoms with Crippen molar-refractivity contribution in [3.05, 3.63) is 58.6 Å². The van der Waals surface area contributed by atoms with Crippen LogP contribution in [-0.2, 0) is 17.4 Å². The molecular weight excluding hydrogens is 317 g/mol. The molecule has 3 N–H and O–H groups in total. The fourth-order valence-corrected chi connectivity index (χ4v) is 2.07. The summed E-state index contributed by atoms with van der Waals surface area (Å²) in [7, 11) is 0. The maximum absolute atomic E-state index is 12.7. The van der Waals surface area contributed by atoms with Gasteiger partial charge in [-0.1, -0.05) is 23.7 Å². The molecule has 22 heavy (non-hydrogen) atoms. The molecule has 0 aliphatic carbocycles. The Labute approximate surface area is 129 Å². The van der Waals surface area contributed by atoms with E-state index >= 15 is 0 Å². The van der Waals surface area contributed by atoms with Crippen molar-refractivity contribution in [2.75, 3.05) is 11.1 Å². The van der Waals surface area contributed by atoms with Crippen molar-refractivity contribution >= 4 is 28.9 Å². The van der Waals surface area contributed by atoms with Gasteiger partial charge in [0.2, 0.25) is 5.91 Å². The molecule has 116 valence electrons. The van der Waals surface area contributed by atoms with Crippen LogP contribution in [-0.4, -0.2) is 5.91 Å². The highest BCUT2D eigenvalue weighted by Gasteiger charge is 2.33. The molecule has 7 heteroatoms. The molecule has 0 spiro atoms. The van der Waals surface area contributed by atoms with Crippen LogP contribution in [0.4, 0.5) is 24.5 Å². The monoisotopic (exact) mass is 328 g/mol. The lowest BCUT2D eigenvalue weighted by Gasteiger charge is -2.12. The van der Waals surface area contributed by atoms with Crippen LogP contribution in [0, 0.1) is 0 Å². The van der Waals surface area contributed by atoms with E-state index in [2.05, 4.69) is 5.32 Å². The number of nitrogens with two attached hydrogens (primary N) is 1. The highest BCUT2D eigenvalue weighted by molar-refractivity contribution is 6.31. The number of halogens is 4. The van der Waals surface area contributed by atoms with Gasteiger partial charge in [-0.3, -0.25) is 4.79 Å². The van der Waals surface area contributed by atoms with Gasteiger partial charge in [-0.05, 0) is 35.9 Å². The first-order valence-electron chi connectivity index (χ1n) is 6.27. The minimum atomic E-state index is -4.57. The fourth-order valence-electron chi connectivity index (χ4n) is 1.85. The van der Waals surface area contributed by atoms with Crippen molar-refractivity contribution in [1.29, 1.82) is 0 Å². The molecular formula is C15H12ClF3N2O. The molecule has 0 saturated heterocycles. The summed E-state index contributed by atoms with van der Waals surface area (Å²) < 4.78 is 38.2. The predicted molar refractivity (Wildman–Crippen MR) is 79.6 cm³/mol. The van der Waals surface area contributed by atoms with Crippen LogP contribution < -0.4 is 11.1 Å². The lowest BCUT2D eigenvalue weighted by Crippen LogP contribution is -2.15. The highest BCUT2D eigenvalue weighted by Crippen LogP contribution is 2.36. The van der Waals surface area contributed by atoms with E-state index in [1.807, 2.05) is 0 Å². The number of amides is 1. The first-order chi connectivity index (χ1) is 10.3. The largest absolute Gasteiger partial charge is 0.417 e. The Morgan fingerprint density at radius 1 is 1.14 bits per heavy atom. The van der Waals surface area contributed by atoms with E-state index < -0.39 is 22.7 Å². The smallest absolute Gasteiger partial charge is 0.399 e. The molecule has 3 nitrogen and oxygen atoms in total. The number of nitrogen functional groups attached to an aromatic ring is 1. The van der Waals surface area contributed by atoms with Gasteiger partial charge in [0.15, 0.2) is 0 Å². The molecule has 2 rings (SSSR count). The van der Waals surface area contributed by atoms with Gasteiger partial charge in [0.25, 0.3) is 0 Å². The van der Waals surface area contributed by atoms with Crippen molar-refractivity contribution in [3.63, 3.8) is 0 Å². The SMILES string of the molecule is Nc1ccc(CC(=O)Nc2ccc(Cl)c(C(F)(F)F)c2)cc1. The van der Waals surface area contributed by atoms with Crippen LogP contribution in [0.15, 0.2) is 42.5 Å². The van der Waals surface area contributed by atoms with Gasteiger partial charge in [-0.15, -0.1) is 0 Å². The summed E-state index contributed by atoms with van der Waals surface area (Å²) in [6.45, 7) is 0. The summed E-state index contributed by atoms with van der Waals surface area (Å²) in [5.74, 6) is -0.430. The standard InChI is InChI=1S/C15H12ClF3N2O/c16-13-6-5-11(8-12(13)15(17,18)19)21-14(22)7-9-1-3-10(20)4-2-9/h1-6,8H,7,20H2,(H,21,22). The van der Waals surface area contributed by atoms with Crippen LogP contribution in [0.3, 0.4) is 0 Å². The van der Waals surface area contributed by atoms with Crippen LogP contribution in [0.1, 0.15) is 11.1 Å². The summed E-state index contributed by atoms with van der Waals surface area (Å²) in [6, 6.07) is 9.88. The highest BCUT2D eigenvalue weighted by atomic mass is 35.5. The van der Waals surface area contributed by atoms with Gasteiger partial charge >= 0.3 is 6.18 Å². The topological polar surface area (TPSA) is 55.1 Å². The number of carbonyl (C=O) groups excluding carboxylic acids is 1. The van der Waals surface area contributed by atoms with Gasteiger partial charge in [0, 0.05) is 11.4 Å². The lowest BCUT2D eigenvalue weighted by molar-refractivity contribution is -0.137. The third kappa shape index (κ3) is 4.14. The molecule has 0 aliphatic rings. The van der Waals surface area contributed by atoms with Crippen molar-refractivity contribution in [1.82, 2.24) is 0 Å². The minimum absolute atomic E-state index is 0.0320. The van der Waals surface area contributed by atoms with Crippen LogP contribution >= 0.6 is 11.6 Å². The molecule has 0 fully saturated rings. The fraction of sp³-hybridized carbons (Fsp3) is 0.133. The Kier molecular flexibility index (Phi) is 4.61. The van der Waals surface area contributed by atoms with E-state index in [-0.39, 0.29) is 12.1 Å². The normalized spacial score (nSPS) is 11.3. The lowest BCUT2D eigenvalue weighted by atomic mass is 10.1. The van der Waals surface area contributed by atoms with Crippen molar-refractivity contribution < 1.29 is 18.0 Å². The first-order valence-corrected chi connectivity index (χ1v) is 6.64.